The van der Waals surface area contributed by atoms with Crippen molar-refractivity contribution in [3.8, 4) is 11.1 Å². The Kier molecular flexibility index (Phi) is 4.02. The highest BCUT2D eigenvalue weighted by atomic mass is 19.1. The Morgan fingerprint density at radius 2 is 1.72 bits per heavy atom. The minimum atomic E-state index is -0.443. The van der Waals surface area contributed by atoms with Gasteiger partial charge >= 0.3 is 0 Å². The van der Waals surface area contributed by atoms with Gasteiger partial charge in [-0.3, -0.25) is 0 Å². The third-order valence-corrected chi connectivity index (χ3v) is 2.62. The number of hydrogen-bond donors (Lipinski definition) is 1. The minimum absolute atomic E-state index is 0.253. The minimum Gasteiger partial charge on any atom is -0.305 e. The summed E-state index contributed by atoms with van der Waals surface area (Å²) in [6.45, 7) is 0.429. The average molecular weight is 249 g/mol. The molecule has 0 aliphatic heterocycles. The zero-order chi connectivity index (χ0) is 13.0. The Morgan fingerprint density at radius 1 is 1.00 bits per heavy atom. The molecule has 0 bridgehead atoms. The van der Waals surface area contributed by atoms with Gasteiger partial charge in [0.25, 0.3) is 0 Å². The summed E-state index contributed by atoms with van der Waals surface area (Å²) in [5.74, 6) is -0.880. The molecule has 0 fully saturated rings. The molecule has 2 rings (SSSR count). The predicted octanol–water partition coefficient (Wildman–Crippen LogP) is 3.28. The van der Waals surface area contributed by atoms with Gasteiger partial charge in [-0.1, -0.05) is 24.3 Å². The van der Waals surface area contributed by atoms with E-state index in [0.717, 1.165) is 5.56 Å². The van der Waals surface area contributed by atoms with E-state index in [0.29, 0.717) is 6.54 Å². The summed E-state index contributed by atoms with van der Waals surface area (Å²) < 4.78 is 27.4. The molecule has 0 aliphatic rings. The molecule has 2 nitrogen and oxygen atoms in total. The van der Waals surface area contributed by atoms with E-state index >= 15 is 0 Å². The van der Waals surface area contributed by atoms with Gasteiger partial charge in [0.05, 0.1) is 7.11 Å². The molecule has 94 valence electrons. The van der Waals surface area contributed by atoms with Crippen LogP contribution in [0.4, 0.5) is 8.78 Å². The molecule has 0 unspecified atom stereocenters. The van der Waals surface area contributed by atoms with Gasteiger partial charge in [0.2, 0.25) is 0 Å². The van der Waals surface area contributed by atoms with Crippen LogP contribution in [0.25, 0.3) is 11.1 Å². The lowest BCUT2D eigenvalue weighted by atomic mass is 10.0. The lowest BCUT2D eigenvalue weighted by Gasteiger charge is -2.08. The Balaban J connectivity index is 2.40. The quantitative estimate of drug-likeness (QED) is 0.839. The van der Waals surface area contributed by atoms with Crippen LogP contribution in [0.1, 0.15) is 5.56 Å². The van der Waals surface area contributed by atoms with Crippen molar-refractivity contribution in [2.24, 2.45) is 0 Å². The molecule has 0 saturated heterocycles. The zero-order valence-corrected chi connectivity index (χ0v) is 9.91. The fourth-order valence-electron chi connectivity index (χ4n) is 1.72. The van der Waals surface area contributed by atoms with Crippen molar-refractivity contribution in [1.29, 1.82) is 0 Å². The topological polar surface area (TPSA) is 21.3 Å². The normalized spacial score (nSPS) is 10.6. The van der Waals surface area contributed by atoms with Crippen LogP contribution in [-0.4, -0.2) is 7.11 Å². The summed E-state index contributed by atoms with van der Waals surface area (Å²) in [6.07, 6.45) is 0. The number of hydroxylamine groups is 1. The summed E-state index contributed by atoms with van der Waals surface area (Å²) in [6, 6.07) is 10.7. The number of halogens is 2. The highest BCUT2D eigenvalue weighted by Gasteiger charge is 2.10. The molecule has 0 saturated carbocycles. The molecule has 0 amide bonds. The molecule has 0 aliphatic carbocycles. The highest BCUT2D eigenvalue weighted by molar-refractivity contribution is 5.65. The molecule has 18 heavy (non-hydrogen) atoms. The van der Waals surface area contributed by atoms with Crippen molar-refractivity contribution in [3.63, 3.8) is 0 Å². The standard InChI is InChI=1S/C14H13F2NO/c1-18-17-9-10-6-7-14(16)12(8-10)11-4-2-3-5-13(11)15/h2-8,17H,9H2,1H3. The Morgan fingerprint density at radius 3 is 2.44 bits per heavy atom. The maximum atomic E-state index is 13.7. The molecule has 1 N–H and O–H groups in total. The number of nitrogens with one attached hydrogen (secondary N) is 1. The van der Waals surface area contributed by atoms with Crippen LogP contribution in [0.3, 0.4) is 0 Å². The maximum Gasteiger partial charge on any atom is 0.131 e. The number of rotatable bonds is 4. The van der Waals surface area contributed by atoms with Crippen LogP contribution < -0.4 is 5.48 Å². The van der Waals surface area contributed by atoms with Crippen molar-refractivity contribution in [1.82, 2.24) is 5.48 Å². The molecular formula is C14H13F2NO. The first-order valence-corrected chi connectivity index (χ1v) is 5.51. The van der Waals surface area contributed by atoms with E-state index in [9.17, 15) is 8.78 Å². The van der Waals surface area contributed by atoms with Crippen LogP contribution >= 0.6 is 0 Å². The fraction of sp³-hybridized carbons (Fsp3) is 0.143. The molecule has 2 aromatic carbocycles. The van der Waals surface area contributed by atoms with Crippen LogP contribution in [0, 0.1) is 11.6 Å². The van der Waals surface area contributed by atoms with Gasteiger partial charge in [-0.05, 0) is 23.8 Å². The van der Waals surface area contributed by atoms with Crippen LogP contribution in [-0.2, 0) is 11.4 Å². The van der Waals surface area contributed by atoms with Gasteiger partial charge in [0.1, 0.15) is 11.6 Å². The second-order valence-corrected chi connectivity index (χ2v) is 3.82. The van der Waals surface area contributed by atoms with Crippen LogP contribution in [0.2, 0.25) is 0 Å². The van der Waals surface area contributed by atoms with E-state index in [2.05, 4.69) is 5.48 Å². The smallest absolute Gasteiger partial charge is 0.131 e. The summed E-state index contributed by atoms with van der Waals surface area (Å²) in [5, 5.41) is 0. The third-order valence-electron chi connectivity index (χ3n) is 2.62. The maximum absolute atomic E-state index is 13.7. The summed E-state index contributed by atoms with van der Waals surface area (Å²) in [4.78, 5) is 4.73. The highest BCUT2D eigenvalue weighted by Crippen LogP contribution is 2.26. The fourth-order valence-corrected chi connectivity index (χ4v) is 1.72. The number of benzene rings is 2. The van der Waals surface area contributed by atoms with E-state index in [1.807, 2.05) is 0 Å². The summed E-state index contributed by atoms with van der Waals surface area (Å²) in [5.41, 5.74) is 3.99. The lowest BCUT2D eigenvalue weighted by molar-refractivity contribution is 0.0867. The van der Waals surface area contributed by atoms with Crippen molar-refractivity contribution < 1.29 is 13.6 Å². The van der Waals surface area contributed by atoms with Gasteiger partial charge in [0, 0.05) is 17.7 Å². The van der Waals surface area contributed by atoms with Crippen molar-refractivity contribution in [3.05, 3.63) is 59.7 Å². The Labute approximate surface area is 104 Å². The monoisotopic (exact) mass is 249 g/mol. The molecule has 2 aromatic rings. The Bertz CT molecular complexity index is 543. The van der Waals surface area contributed by atoms with E-state index in [1.165, 1.54) is 19.2 Å². The van der Waals surface area contributed by atoms with Crippen molar-refractivity contribution in [2.75, 3.05) is 7.11 Å². The zero-order valence-electron chi connectivity index (χ0n) is 9.91. The van der Waals surface area contributed by atoms with Crippen LogP contribution in [0.5, 0.6) is 0 Å². The molecule has 0 radical (unpaired) electrons. The second-order valence-electron chi connectivity index (χ2n) is 3.82. The second kappa shape index (κ2) is 5.71. The van der Waals surface area contributed by atoms with Gasteiger partial charge in [0.15, 0.2) is 0 Å². The van der Waals surface area contributed by atoms with Gasteiger partial charge < -0.3 is 4.84 Å². The van der Waals surface area contributed by atoms with Gasteiger partial charge in [-0.25, -0.2) is 8.78 Å². The van der Waals surface area contributed by atoms with E-state index < -0.39 is 11.6 Å². The number of hydrogen-bond acceptors (Lipinski definition) is 2. The summed E-state index contributed by atoms with van der Waals surface area (Å²) in [7, 11) is 1.50. The van der Waals surface area contributed by atoms with E-state index in [-0.39, 0.29) is 11.1 Å². The first-order valence-electron chi connectivity index (χ1n) is 5.51. The molecule has 0 heterocycles. The SMILES string of the molecule is CONCc1ccc(F)c(-c2ccccc2F)c1. The molecule has 0 aromatic heterocycles. The summed E-state index contributed by atoms with van der Waals surface area (Å²) >= 11 is 0. The van der Waals surface area contributed by atoms with E-state index in [1.54, 1.807) is 30.3 Å². The molecule has 0 spiro atoms. The molecular weight excluding hydrogens is 236 g/mol. The molecule has 4 heteroatoms. The third kappa shape index (κ3) is 2.72. The first kappa shape index (κ1) is 12.7. The average Bonchev–Trinajstić information content (AvgIpc) is 2.39. The van der Waals surface area contributed by atoms with E-state index in [4.69, 9.17) is 4.84 Å². The van der Waals surface area contributed by atoms with Crippen molar-refractivity contribution in [2.45, 2.75) is 6.54 Å². The first-order chi connectivity index (χ1) is 8.72. The largest absolute Gasteiger partial charge is 0.305 e. The van der Waals surface area contributed by atoms with Crippen molar-refractivity contribution >= 4 is 0 Å². The van der Waals surface area contributed by atoms with Gasteiger partial charge in [-0.2, -0.15) is 5.48 Å². The predicted molar refractivity (Wildman–Crippen MR) is 65.6 cm³/mol. The Hall–Kier alpha value is -1.78. The van der Waals surface area contributed by atoms with Gasteiger partial charge in [-0.15, -0.1) is 0 Å². The molecule has 0 atom stereocenters. The lowest BCUT2D eigenvalue weighted by Crippen LogP contribution is -2.10. The van der Waals surface area contributed by atoms with Crippen LogP contribution in [0.15, 0.2) is 42.5 Å².